The minimum absolute atomic E-state index is 0.180. The molecule has 64 valence electrons. The quantitative estimate of drug-likeness (QED) is 0.685. The number of hydrogen-bond donors (Lipinski definition) is 2. The standard InChI is InChI=1S/C9H11NO2/c11-6-9(12)5-10-7-2-1-3-8(10)4-7/h1-4,9,11-12H,5-6H2. The lowest BCUT2D eigenvalue weighted by molar-refractivity contribution is 0.101. The summed E-state index contributed by atoms with van der Waals surface area (Å²) in [6, 6.07) is 7.99. The first-order chi connectivity index (χ1) is 5.81. The first-order valence-electron chi connectivity index (χ1n) is 3.98. The fourth-order valence-corrected chi connectivity index (χ4v) is 1.39. The second kappa shape index (κ2) is 2.77. The van der Waals surface area contributed by atoms with Gasteiger partial charge < -0.3 is 15.1 Å². The molecule has 12 heavy (non-hydrogen) atoms. The second-order valence-electron chi connectivity index (χ2n) is 2.97. The van der Waals surface area contributed by atoms with Crippen LogP contribution in [0.3, 0.4) is 0 Å². The minimum atomic E-state index is -0.649. The molecule has 0 saturated carbocycles. The summed E-state index contributed by atoms with van der Waals surface area (Å²) in [6.07, 6.45) is -0.649. The van der Waals surface area contributed by atoms with Crippen LogP contribution in [0.25, 0.3) is 0 Å². The van der Waals surface area contributed by atoms with E-state index in [4.69, 9.17) is 5.11 Å². The largest absolute Gasteiger partial charge is 0.394 e. The average Bonchev–Trinajstić information content (AvgIpc) is 2.14. The maximum Gasteiger partial charge on any atom is 0.0949 e. The molecule has 0 aliphatic carbocycles. The van der Waals surface area contributed by atoms with Crippen LogP contribution in [0, 0.1) is 0 Å². The van der Waals surface area contributed by atoms with Crippen molar-refractivity contribution < 1.29 is 10.2 Å². The Hall–Kier alpha value is -1.06. The molecular formula is C9H11NO2. The number of rotatable bonds is 3. The van der Waals surface area contributed by atoms with Gasteiger partial charge in [0.05, 0.1) is 19.3 Å². The molecule has 0 saturated heterocycles. The van der Waals surface area contributed by atoms with Crippen molar-refractivity contribution in [2.24, 2.45) is 0 Å². The van der Waals surface area contributed by atoms with Gasteiger partial charge in [0.2, 0.25) is 0 Å². The van der Waals surface area contributed by atoms with Crippen molar-refractivity contribution in [3.8, 4) is 0 Å². The molecule has 2 N–H and O–H groups in total. The van der Waals surface area contributed by atoms with E-state index in [9.17, 15) is 5.11 Å². The van der Waals surface area contributed by atoms with E-state index < -0.39 is 6.10 Å². The molecule has 1 aromatic rings. The van der Waals surface area contributed by atoms with Crippen molar-refractivity contribution >= 4 is 11.4 Å². The van der Waals surface area contributed by atoms with Crippen LogP contribution in [0.5, 0.6) is 0 Å². The summed E-state index contributed by atoms with van der Waals surface area (Å²) in [5, 5.41) is 17.8. The Morgan fingerprint density at radius 1 is 1.33 bits per heavy atom. The number of anilines is 2. The fourth-order valence-electron chi connectivity index (χ4n) is 1.39. The highest BCUT2D eigenvalue weighted by molar-refractivity contribution is 5.76. The summed E-state index contributed by atoms with van der Waals surface area (Å²) in [7, 11) is 0. The maximum absolute atomic E-state index is 9.18. The predicted molar refractivity (Wildman–Crippen MR) is 46.5 cm³/mol. The number of nitrogens with zero attached hydrogens (tertiary/aromatic N) is 1. The number of hydrogen-bond acceptors (Lipinski definition) is 3. The zero-order valence-corrected chi connectivity index (χ0v) is 6.64. The van der Waals surface area contributed by atoms with Crippen LogP contribution in [0.2, 0.25) is 0 Å². The molecule has 1 atom stereocenters. The summed E-state index contributed by atoms with van der Waals surface area (Å²) in [4.78, 5) is 1.99. The normalized spacial score (nSPS) is 15.7. The van der Waals surface area contributed by atoms with E-state index in [1.807, 2.05) is 29.2 Å². The minimum Gasteiger partial charge on any atom is -0.394 e. The van der Waals surface area contributed by atoms with Crippen molar-refractivity contribution in [2.75, 3.05) is 18.1 Å². The number of aliphatic hydroxyl groups excluding tert-OH is 2. The molecule has 2 aliphatic heterocycles. The molecule has 3 heteroatoms. The Bertz CT molecular complexity index is 261. The Kier molecular flexibility index (Phi) is 1.75. The molecule has 0 radical (unpaired) electrons. The maximum atomic E-state index is 9.18. The van der Waals surface area contributed by atoms with Crippen LogP contribution in [0.1, 0.15) is 0 Å². The van der Waals surface area contributed by atoms with E-state index >= 15 is 0 Å². The molecular weight excluding hydrogens is 154 g/mol. The topological polar surface area (TPSA) is 43.7 Å². The van der Waals surface area contributed by atoms with Crippen molar-refractivity contribution in [2.45, 2.75) is 6.10 Å². The van der Waals surface area contributed by atoms with Crippen LogP contribution >= 0.6 is 0 Å². The monoisotopic (exact) mass is 165 g/mol. The fraction of sp³-hybridized carbons (Fsp3) is 0.333. The molecule has 3 rings (SSSR count). The second-order valence-corrected chi connectivity index (χ2v) is 2.97. The molecule has 2 bridgehead atoms. The zero-order valence-electron chi connectivity index (χ0n) is 6.64. The SMILES string of the molecule is OCC(O)CN1c2cccc1c2. The van der Waals surface area contributed by atoms with Gasteiger partial charge in [-0.1, -0.05) is 6.07 Å². The van der Waals surface area contributed by atoms with E-state index in [2.05, 4.69) is 0 Å². The molecule has 1 aromatic carbocycles. The van der Waals surface area contributed by atoms with Gasteiger partial charge in [-0.3, -0.25) is 0 Å². The summed E-state index contributed by atoms with van der Waals surface area (Å²) >= 11 is 0. The highest BCUT2D eigenvalue weighted by Gasteiger charge is 2.20. The molecule has 0 amide bonds. The van der Waals surface area contributed by atoms with Gasteiger partial charge >= 0.3 is 0 Å². The molecule has 2 heterocycles. The number of benzene rings is 1. The van der Waals surface area contributed by atoms with E-state index in [1.165, 1.54) is 0 Å². The predicted octanol–water partition coefficient (Wildman–Crippen LogP) is 0.491. The van der Waals surface area contributed by atoms with Crippen LogP contribution in [0.4, 0.5) is 11.4 Å². The van der Waals surface area contributed by atoms with Gasteiger partial charge in [0.15, 0.2) is 0 Å². The average molecular weight is 165 g/mol. The number of fused-ring (bicyclic) bond motifs is 2. The molecule has 0 aromatic heterocycles. The molecule has 0 spiro atoms. The molecule has 1 unspecified atom stereocenters. The van der Waals surface area contributed by atoms with Crippen LogP contribution < -0.4 is 4.90 Å². The van der Waals surface area contributed by atoms with Gasteiger partial charge in [-0.15, -0.1) is 0 Å². The van der Waals surface area contributed by atoms with Crippen molar-refractivity contribution in [3.05, 3.63) is 24.3 Å². The molecule has 2 aliphatic rings. The smallest absolute Gasteiger partial charge is 0.0949 e. The Morgan fingerprint density at radius 2 is 2.00 bits per heavy atom. The van der Waals surface area contributed by atoms with E-state index in [-0.39, 0.29) is 6.61 Å². The highest BCUT2D eigenvalue weighted by atomic mass is 16.3. The third-order valence-corrected chi connectivity index (χ3v) is 2.06. The molecule has 0 fully saturated rings. The lowest BCUT2D eigenvalue weighted by Crippen LogP contribution is -2.34. The highest BCUT2D eigenvalue weighted by Crippen LogP contribution is 2.36. The summed E-state index contributed by atoms with van der Waals surface area (Å²) in [6.45, 7) is 0.305. The third kappa shape index (κ3) is 1.07. The third-order valence-electron chi connectivity index (χ3n) is 2.06. The zero-order chi connectivity index (χ0) is 8.55. The first-order valence-corrected chi connectivity index (χ1v) is 3.98. The number of aliphatic hydroxyl groups is 2. The van der Waals surface area contributed by atoms with Crippen LogP contribution in [-0.2, 0) is 0 Å². The lowest BCUT2D eigenvalue weighted by atomic mass is 10.1. The van der Waals surface area contributed by atoms with E-state index in [1.54, 1.807) is 0 Å². The Balaban J connectivity index is 2.01. The summed E-state index contributed by atoms with van der Waals surface area (Å²) < 4.78 is 0. The lowest BCUT2D eigenvalue weighted by Gasteiger charge is -2.34. The summed E-state index contributed by atoms with van der Waals surface area (Å²) in [5.41, 5.74) is 2.22. The molecule has 3 nitrogen and oxygen atoms in total. The Morgan fingerprint density at radius 3 is 2.50 bits per heavy atom. The van der Waals surface area contributed by atoms with Gasteiger partial charge in [0, 0.05) is 11.4 Å². The van der Waals surface area contributed by atoms with Gasteiger partial charge in [0.1, 0.15) is 0 Å². The van der Waals surface area contributed by atoms with Gasteiger partial charge in [-0.05, 0) is 18.2 Å². The van der Waals surface area contributed by atoms with Crippen molar-refractivity contribution in [3.63, 3.8) is 0 Å². The van der Waals surface area contributed by atoms with Gasteiger partial charge in [-0.25, -0.2) is 0 Å². The van der Waals surface area contributed by atoms with E-state index in [0.717, 1.165) is 11.4 Å². The summed E-state index contributed by atoms with van der Waals surface area (Å²) in [5.74, 6) is 0. The van der Waals surface area contributed by atoms with Crippen LogP contribution in [-0.4, -0.2) is 29.5 Å². The van der Waals surface area contributed by atoms with Crippen molar-refractivity contribution in [1.29, 1.82) is 0 Å². The first kappa shape index (κ1) is 7.58. The van der Waals surface area contributed by atoms with Gasteiger partial charge in [0.25, 0.3) is 0 Å². The van der Waals surface area contributed by atoms with Crippen molar-refractivity contribution in [1.82, 2.24) is 0 Å². The Labute approximate surface area is 70.9 Å². The van der Waals surface area contributed by atoms with Gasteiger partial charge in [-0.2, -0.15) is 0 Å². The van der Waals surface area contributed by atoms with Crippen LogP contribution in [0.15, 0.2) is 24.3 Å². The van der Waals surface area contributed by atoms with E-state index in [0.29, 0.717) is 6.54 Å².